The Hall–Kier alpha value is -1.66. The van der Waals surface area contributed by atoms with Gasteiger partial charge in [-0.2, -0.15) is 0 Å². The third-order valence-electron chi connectivity index (χ3n) is 12.7. The number of carbonyl (C=O) groups is 2. The molecule has 0 rings (SSSR count). The van der Waals surface area contributed by atoms with Crippen molar-refractivity contribution in [2.24, 2.45) is 0 Å². The maximum absolute atomic E-state index is 12.5. The van der Waals surface area contributed by atoms with E-state index >= 15 is 0 Å². The van der Waals surface area contributed by atoms with E-state index in [1.165, 1.54) is 212 Å². The van der Waals surface area contributed by atoms with Crippen molar-refractivity contribution in [2.75, 3.05) is 13.2 Å². The summed E-state index contributed by atoms with van der Waals surface area (Å²) in [7, 11) is 0. The van der Waals surface area contributed by atoms with Crippen molar-refractivity contribution < 1.29 is 24.5 Å². The zero-order chi connectivity index (χ0) is 45.1. The Labute approximate surface area is 386 Å². The van der Waals surface area contributed by atoms with E-state index in [0.717, 1.165) is 57.8 Å². The Bertz CT molecular complexity index is 966. The molecule has 3 N–H and O–H groups in total. The lowest BCUT2D eigenvalue weighted by atomic mass is 10.0. The molecule has 0 fully saturated rings. The van der Waals surface area contributed by atoms with Gasteiger partial charge in [-0.25, -0.2) is 0 Å². The van der Waals surface area contributed by atoms with Crippen LogP contribution in [0.15, 0.2) is 24.3 Å². The van der Waals surface area contributed by atoms with Gasteiger partial charge in [0.25, 0.3) is 0 Å². The number of nitrogens with one attached hydrogen (secondary N) is 1. The van der Waals surface area contributed by atoms with Crippen LogP contribution in [0.5, 0.6) is 0 Å². The maximum atomic E-state index is 12.5. The molecular formula is C56H107NO5. The number of ether oxygens (including phenoxy) is 1. The average molecular weight is 874 g/mol. The van der Waals surface area contributed by atoms with Gasteiger partial charge in [-0.05, 0) is 57.8 Å². The van der Waals surface area contributed by atoms with Gasteiger partial charge >= 0.3 is 5.97 Å². The molecule has 0 saturated heterocycles. The molecular weight excluding hydrogens is 767 g/mol. The normalized spacial score (nSPS) is 12.8. The summed E-state index contributed by atoms with van der Waals surface area (Å²) in [5.74, 6) is -0.108. The maximum Gasteiger partial charge on any atom is 0.305 e. The highest BCUT2D eigenvalue weighted by Crippen LogP contribution is 2.16. The minimum atomic E-state index is -0.857. The van der Waals surface area contributed by atoms with Crippen LogP contribution in [0.25, 0.3) is 0 Å². The molecule has 6 heteroatoms. The van der Waals surface area contributed by atoms with Crippen molar-refractivity contribution >= 4 is 11.9 Å². The monoisotopic (exact) mass is 874 g/mol. The van der Waals surface area contributed by atoms with Crippen LogP contribution in [0.1, 0.15) is 296 Å². The summed E-state index contributed by atoms with van der Waals surface area (Å²) in [6.45, 7) is 4.86. The van der Waals surface area contributed by atoms with E-state index in [2.05, 4.69) is 31.3 Å². The lowest BCUT2D eigenvalue weighted by Gasteiger charge is -2.20. The lowest BCUT2D eigenvalue weighted by molar-refractivity contribution is -0.143. The zero-order valence-corrected chi connectivity index (χ0v) is 41.6. The minimum absolute atomic E-state index is 0.0230. The van der Waals surface area contributed by atoms with Gasteiger partial charge in [-0.15, -0.1) is 0 Å². The molecule has 62 heavy (non-hydrogen) atoms. The van der Waals surface area contributed by atoms with Crippen LogP contribution in [0.3, 0.4) is 0 Å². The first-order chi connectivity index (χ1) is 30.5. The Kier molecular flexibility index (Phi) is 50.6. The van der Waals surface area contributed by atoms with Crippen molar-refractivity contribution in [1.82, 2.24) is 5.32 Å². The summed E-state index contributed by atoms with van der Waals surface area (Å²) in [4.78, 5) is 24.5. The molecule has 2 atom stereocenters. The highest BCUT2D eigenvalue weighted by molar-refractivity contribution is 5.76. The van der Waals surface area contributed by atoms with Crippen LogP contribution < -0.4 is 5.32 Å². The molecule has 6 nitrogen and oxygen atoms in total. The number of aliphatic hydroxyl groups is 2. The van der Waals surface area contributed by atoms with E-state index in [4.69, 9.17) is 4.74 Å². The van der Waals surface area contributed by atoms with Crippen molar-refractivity contribution in [3.8, 4) is 0 Å². The SMILES string of the molecule is CCCCCCCC/C=C\CCCCCCCC(=O)OCCCCCCCCCCCCCC(=O)NC(CO)C(O)/C=C/CCCCCCCCCCCCCCCCCCC. The molecule has 1 amide bonds. The van der Waals surface area contributed by atoms with Gasteiger partial charge in [0.15, 0.2) is 0 Å². The predicted octanol–water partition coefficient (Wildman–Crippen LogP) is 16.7. The standard InChI is InChI=1S/C56H107NO5/c1-3-5-7-9-11-13-15-17-19-20-21-22-24-25-28-32-36-40-44-48-54(59)53(52-58)57-55(60)49-45-41-37-33-29-27-31-35-39-43-47-51-62-56(61)50-46-42-38-34-30-26-23-18-16-14-12-10-8-6-4-2/h18,23,44,48,53-54,58-59H,3-17,19-22,24-43,45-47,49-52H2,1-2H3,(H,57,60)/b23-18-,48-44+. The van der Waals surface area contributed by atoms with Gasteiger partial charge < -0.3 is 20.3 Å². The number of amides is 1. The molecule has 0 aliphatic heterocycles. The molecule has 0 aliphatic rings. The summed E-state index contributed by atoms with van der Waals surface area (Å²) in [6.07, 6.45) is 61.8. The van der Waals surface area contributed by atoms with Gasteiger partial charge in [0.1, 0.15) is 0 Å². The summed E-state index contributed by atoms with van der Waals surface area (Å²) < 4.78 is 5.46. The largest absolute Gasteiger partial charge is 0.466 e. The van der Waals surface area contributed by atoms with Crippen LogP contribution in [0.2, 0.25) is 0 Å². The number of allylic oxidation sites excluding steroid dienone is 3. The molecule has 0 aliphatic carbocycles. The molecule has 0 aromatic carbocycles. The topological polar surface area (TPSA) is 95.9 Å². The van der Waals surface area contributed by atoms with E-state index in [1.54, 1.807) is 6.08 Å². The van der Waals surface area contributed by atoms with Gasteiger partial charge in [0, 0.05) is 12.8 Å². The summed E-state index contributed by atoms with van der Waals surface area (Å²) in [5, 5.41) is 23.1. The van der Waals surface area contributed by atoms with Crippen LogP contribution in [-0.2, 0) is 14.3 Å². The summed E-state index contributed by atoms with van der Waals surface area (Å²) in [6, 6.07) is -0.642. The van der Waals surface area contributed by atoms with Crippen molar-refractivity contribution in [1.29, 1.82) is 0 Å². The third-order valence-corrected chi connectivity index (χ3v) is 12.7. The van der Waals surface area contributed by atoms with Crippen molar-refractivity contribution in [3.63, 3.8) is 0 Å². The zero-order valence-electron chi connectivity index (χ0n) is 41.6. The third kappa shape index (κ3) is 47.8. The number of aliphatic hydroxyl groups excluding tert-OH is 2. The van der Waals surface area contributed by atoms with Crippen LogP contribution in [-0.4, -0.2) is 47.4 Å². The van der Waals surface area contributed by atoms with E-state index in [-0.39, 0.29) is 18.5 Å². The minimum Gasteiger partial charge on any atom is -0.466 e. The van der Waals surface area contributed by atoms with Gasteiger partial charge in [-0.3, -0.25) is 9.59 Å². The number of rotatable bonds is 51. The number of carbonyl (C=O) groups excluding carboxylic acids is 2. The number of hydrogen-bond donors (Lipinski definition) is 3. The number of esters is 1. The van der Waals surface area contributed by atoms with E-state index in [1.807, 2.05) is 6.08 Å². The first kappa shape index (κ1) is 60.3. The molecule has 0 aromatic rings. The Morgan fingerprint density at radius 3 is 1.15 bits per heavy atom. The molecule has 0 bridgehead atoms. The fraction of sp³-hybridized carbons (Fsp3) is 0.893. The molecule has 0 radical (unpaired) electrons. The second kappa shape index (κ2) is 52.0. The first-order valence-corrected chi connectivity index (χ1v) is 27.6. The molecule has 2 unspecified atom stereocenters. The highest BCUT2D eigenvalue weighted by Gasteiger charge is 2.18. The number of unbranched alkanes of at least 4 members (excludes halogenated alkanes) is 38. The Morgan fingerprint density at radius 1 is 0.435 bits per heavy atom. The second-order valence-electron chi connectivity index (χ2n) is 18.9. The Balaban J connectivity index is 3.51. The van der Waals surface area contributed by atoms with E-state index in [0.29, 0.717) is 19.4 Å². The average Bonchev–Trinajstić information content (AvgIpc) is 3.27. The lowest BCUT2D eigenvalue weighted by Crippen LogP contribution is -2.45. The molecule has 366 valence electrons. The number of hydrogen-bond acceptors (Lipinski definition) is 5. The predicted molar refractivity (Wildman–Crippen MR) is 269 cm³/mol. The molecule has 0 heterocycles. The van der Waals surface area contributed by atoms with E-state index in [9.17, 15) is 19.8 Å². The second-order valence-corrected chi connectivity index (χ2v) is 18.9. The van der Waals surface area contributed by atoms with E-state index < -0.39 is 12.1 Å². The Morgan fingerprint density at radius 2 is 0.758 bits per heavy atom. The fourth-order valence-electron chi connectivity index (χ4n) is 8.45. The molecule has 0 aromatic heterocycles. The van der Waals surface area contributed by atoms with Gasteiger partial charge in [0.2, 0.25) is 5.91 Å². The van der Waals surface area contributed by atoms with Crippen LogP contribution >= 0.6 is 0 Å². The summed E-state index contributed by atoms with van der Waals surface area (Å²) in [5.41, 5.74) is 0. The first-order valence-electron chi connectivity index (χ1n) is 27.6. The molecule has 0 spiro atoms. The van der Waals surface area contributed by atoms with Crippen LogP contribution in [0, 0.1) is 0 Å². The van der Waals surface area contributed by atoms with Gasteiger partial charge in [0.05, 0.1) is 25.4 Å². The molecule has 0 saturated carbocycles. The van der Waals surface area contributed by atoms with Gasteiger partial charge in [-0.1, -0.05) is 250 Å². The smallest absolute Gasteiger partial charge is 0.305 e. The van der Waals surface area contributed by atoms with Crippen molar-refractivity contribution in [3.05, 3.63) is 24.3 Å². The fourth-order valence-corrected chi connectivity index (χ4v) is 8.45. The summed E-state index contributed by atoms with van der Waals surface area (Å²) >= 11 is 0. The van der Waals surface area contributed by atoms with Crippen molar-refractivity contribution in [2.45, 2.75) is 309 Å². The quantitative estimate of drug-likeness (QED) is 0.0321. The van der Waals surface area contributed by atoms with Crippen LogP contribution in [0.4, 0.5) is 0 Å². The highest BCUT2D eigenvalue weighted by atomic mass is 16.5.